The average molecular weight is 415 g/mol. The Morgan fingerprint density at radius 1 is 0.731 bits per heavy atom. The van der Waals surface area contributed by atoms with E-state index in [1.165, 1.54) is 0 Å². The summed E-state index contributed by atoms with van der Waals surface area (Å²) in [7, 11) is -6.28. The summed E-state index contributed by atoms with van der Waals surface area (Å²) in [5.41, 5.74) is 0. The van der Waals surface area contributed by atoms with Gasteiger partial charge >= 0.3 is 15.5 Å². The minimum absolute atomic E-state index is 0.128. The van der Waals surface area contributed by atoms with Gasteiger partial charge < -0.3 is 9.05 Å². The molecule has 0 unspecified atom stereocenters. The first kappa shape index (κ1) is 26.5. The van der Waals surface area contributed by atoms with Gasteiger partial charge in [-0.15, -0.1) is 0 Å². The summed E-state index contributed by atoms with van der Waals surface area (Å²) >= 11 is 0. The van der Waals surface area contributed by atoms with Crippen molar-refractivity contribution >= 4 is 15.5 Å². The predicted molar refractivity (Wildman–Crippen MR) is 110 cm³/mol. The molecule has 0 atom stereocenters. The Hall–Kier alpha value is 0.460. The fourth-order valence-electron chi connectivity index (χ4n) is 1.98. The van der Waals surface area contributed by atoms with E-state index < -0.39 is 15.5 Å². The van der Waals surface area contributed by atoms with Gasteiger partial charge in [-0.25, -0.2) is 0 Å². The lowest BCUT2D eigenvalue weighted by Crippen LogP contribution is -2.14. The molecule has 6 nitrogen and oxygen atoms in total. The molecule has 0 fully saturated rings. The van der Waals surface area contributed by atoms with Crippen LogP contribution in [0.5, 0.6) is 0 Å². The molecule has 0 radical (unpaired) electrons. The molecule has 0 saturated carbocycles. The molecule has 0 aromatic heterocycles. The second-order valence-corrected chi connectivity index (χ2v) is 10.9. The molecule has 1 N–H and O–H groups in total. The molecule has 0 aliphatic heterocycles. The predicted octanol–water partition coefficient (Wildman–Crippen LogP) is 6.20. The van der Waals surface area contributed by atoms with Crippen LogP contribution >= 0.6 is 15.5 Å². The summed E-state index contributed by atoms with van der Waals surface area (Å²) in [6.45, 7) is 9.95. The minimum Gasteiger partial charge on any atom is -0.308 e. The third kappa shape index (κ3) is 13.6. The van der Waals surface area contributed by atoms with Gasteiger partial charge in [0.15, 0.2) is 6.16 Å². The maximum atomic E-state index is 13.0. The van der Waals surface area contributed by atoms with Crippen LogP contribution in [0.4, 0.5) is 0 Å². The van der Waals surface area contributed by atoms with Crippen LogP contribution in [0.3, 0.4) is 0 Å². The Labute approximate surface area is 161 Å². The SMILES string of the molecule is CCCCOP(=O)(CC[P+](O)(OCCCC)OCCCC)OCCCC. The topological polar surface area (TPSA) is 74.2 Å². The first-order chi connectivity index (χ1) is 12.4. The van der Waals surface area contributed by atoms with Crippen molar-refractivity contribution in [3.05, 3.63) is 0 Å². The van der Waals surface area contributed by atoms with Crippen molar-refractivity contribution in [1.82, 2.24) is 0 Å². The summed E-state index contributed by atoms with van der Waals surface area (Å²) in [5.74, 6) is 0. The highest BCUT2D eigenvalue weighted by atomic mass is 31.2. The van der Waals surface area contributed by atoms with E-state index in [9.17, 15) is 9.46 Å². The van der Waals surface area contributed by atoms with Crippen molar-refractivity contribution in [2.75, 3.05) is 38.8 Å². The smallest absolute Gasteiger partial charge is 0.308 e. The zero-order valence-electron chi connectivity index (χ0n) is 17.3. The van der Waals surface area contributed by atoms with Gasteiger partial charge in [0.2, 0.25) is 0 Å². The third-order valence-corrected chi connectivity index (χ3v) is 8.05. The zero-order valence-corrected chi connectivity index (χ0v) is 19.1. The second kappa shape index (κ2) is 16.4. The van der Waals surface area contributed by atoms with Gasteiger partial charge in [0, 0.05) is 0 Å². The molecule has 0 rings (SSSR count). The second-order valence-electron chi connectivity index (χ2n) is 6.44. The standard InChI is InChI=1S/C18H41O6P2/c1-5-9-13-21-25(19,22-14-10-6-2)17-18-26(20,23-15-11-7-3)24-16-12-8-4/h19H,5-18H2,1-4H3/q+1. The van der Waals surface area contributed by atoms with E-state index in [-0.39, 0.29) is 12.3 Å². The van der Waals surface area contributed by atoms with Crippen molar-refractivity contribution in [1.29, 1.82) is 0 Å². The van der Waals surface area contributed by atoms with Gasteiger partial charge in [-0.05, 0) is 25.7 Å². The molecule has 0 aliphatic carbocycles. The summed E-state index contributed by atoms with van der Waals surface area (Å²) in [4.78, 5) is 10.8. The van der Waals surface area contributed by atoms with Gasteiger partial charge in [0.25, 0.3) is 0 Å². The van der Waals surface area contributed by atoms with Gasteiger partial charge in [-0.3, -0.25) is 4.57 Å². The first-order valence-corrected chi connectivity index (χ1v) is 13.7. The fourth-order valence-corrected chi connectivity index (χ4v) is 6.28. The fraction of sp³-hybridized carbons (Fsp3) is 1.00. The summed E-state index contributed by atoms with van der Waals surface area (Å²) in [5, 5.41) is 0. The van der Waals surface area contributed by atoms with Gasteiger partial charge in [-0.2, -0.15) is 13.9 Å². The maximum absolute atomic E-state index is 13.0. The van der Waals surface area contributed by atoms with Crippen molar-refractivity contribution in [2.24, 2.45) is 0 Å². The molecule has 0 amide bonds. The third-order valence-electron chi connectivity index (χ3n) is 3.81. The van der Waals surface area contributed by atoms with Crippen molar-refractivity contribution < 1.29 is 27.6 Å². The van der Waals surface area contributed by atoms with Crippen LogP contribution < -0.4 is 0 Å². The molecule has 0 aromatic rings. The van der Waals surface area contributed by atoms with Crippen molar-refractivity contribution in [3.8, 4) is 0 Å². The van der Waals surface area contributed by atoms with E-state index >= 15 is 0 Å². The Balaban J connectivity index is 4.77. The van der Waals surface area contributed by atoms with Crippen LogP contribution in [-0.2, 0) is 22.7 Å². The highest BCUT2D eigenvalue weighted by Gasteiger charge is 2.43. The first-order valence-electron chi connectivity index (χ1n) is 10.2. The molecule has 158 valence electrons. The molecule has 0 saturated heterocycles. The Bertz CT molecular complexity index is 344. The Morgan fingerprint density at radius 3 is 1.50 bits per heavy atom. The Morgan fingerprint density at radius 2 is 1.12 bits per heavy atom. The van der Waals surface area contributed by atoms with Crippen LogP contribution in [0.25, 0.3) is 0 Å². The number of hydrogen-bond donors (Lipinski definition) is 1. The summed E-state index contributed by atoms with van der Waals surface area (Å²) < 4.78 is 35.6. The lowest BCUT2D eigenvalue weighted by atomic mass is 10.4. The highest BCUT2D eigenvalue weighted by molar-refractivity contribution is 7.62. The average Bonchev–Trinajstić information content (AvgIpc) is 2.61. The minimum atomic E-state index is -3.25. The van der Waals surface area contributed by atoms with Gasteiger partial charge in [-0.1, -0.05) is 53.4 Å². The molecule has 0 heterocycles. The zero-order chi connectivity index (χ0) is 19.7. The lowest BCUT2D eigenvalue weighted by molar-refractivity contribution is 0.170. The van der Waals surface area contributed by atoms with Gasteiger partial charge in [0.05, 0.1) is 32.6 Å². The quantitative estimate of drug-likeness (QED) is 0.200. The molecule has 26 heavy (non-hydrogen) atoms. The van der Waals surface area contributed by atoms with E-state index in [0.717, 1.165) is 51.4 Å². The molecule has 0 spiro atoms. The van der Waals surface area contributed by atoms with E-state index in [2.05, 4.69) is 27.7 Å². The molecular weight excluding hydrogens is 374 g/mol. The summed E-state index contributed by atoms with van der Waals surface area (Å²) in [6.07, 6.45) is 7.58. The van der Waals surface area contributed by atoms with Crippen LogP contribution in [0.2, 0.25) is 0 Å². The lowest BCUT2D eigenvalue weighted by Gasteiger charge is -2.21. The van der Waals surface area contributed by atoms with E-state index in [0.29, 0.717) is 26.4 Å². The van der Waals surface area contributed by atoms with Crippen LogP contribution in [-0.4, -0.2) is 43.6 Å². The van der Waals surface area contributed by atoms with E-state index in [1.54, 1.807) is 0 Å². The monoisotopic (exact) mass is 415 g/mol. The van der Waals surface area contributed by atoms with Crippen LogP contribution in [0.15, 0.2) is 0 Å². The van der Waals surface area contributed by atoms with Crippen molar-refractivity contribution in [3.63, 3.8) is 0 Å². The van der Waals surface area contributed by atoms with Crippen LogP contribution in [0, 0.1) is 0 Å². The number of hydrogen-bond acceptors (Lipinski definition) is 6. The number of unbranched alkanes of at least 4 members (excludes halogenated alkanes) is 4. The normalized spacial score (nSPS) is 12.7. The van der Waals surface area contributed by atoms with Crippen LogP contribution in [0.1, 0.15) is 79.1 Å². The molecule has 0 aliphatic rings. The maximum Gasteiger partial charge on any atom is 0.409 e. The van der Waals surface area contributed by atoms with E-state index in [1.807, 2.05) is 0 Å². The molecular formula is C18H41O6P2+. The number of rotatable bonds is 19. The highest BCUT2D eigenvalue weighted by Crippen LogP contribution is 2.61. The van der Waals surface area contributed by atoms with Crippen molar-refractivity contribution in [2.45, 2.75) is 79.1 Å². The molecule has 0 aromatic carbocycles. The molecule has 0 bridgehead atoms. The summed E-state index contributed by atoms with van der Waals surface area (Å²) in [6, 6.07) is 0. The van der Waals surface area contributed by atoms with Gasteiger partial charge in [0.1, 0.15) is 0 Å². The Kier molecular flexibility index (Phi) is 16.7. The molecule has 8 heteroatoms. The van der Waals surface area contributed by atoms with E-state index in [4.69, 9.17) is 18.1 Å². The largest absolute Gasteiger partial charge is 0.409 e.